The normalized spacial score (nSPS) is 14.5. The van der Waals surface area contributed by atoms with E-state index in [1.807, 2.05) is 73.3 Å². The summed E-state index contributed by atoms with van der Waals surface area (Å²) in [6.07, 6.45) is 10.4. The van der Waals surface area contributed by atoms with Crippen LogP contribution in [0.5, 0.6) is 0 Å². The Balaban J connectivity index is 0.936. The molecular formula is C52H82N26O6+4. The molecule has 4 aromatic heterocycles. The number of quaternary nitrogens is 2. The summed E-state index contributed by atoms with van der Waals surface area (Å²) in [5.41, 5.74) is 46.0. The molecule has 84 heavy (non-hydrogen) atoms. The van der Waals surface area contributed by atoms with Crippen molar-refractivity contribution in [2.24, 2.45) is 44.4 Å². The lowest BCUT2D eigenvalue weighted by Crippen LogP contribution is -2.88. The predicted octanol–water partition coefficient (Wildman–Crippen LogP) is -7.07. The summed E-state index contributed by atoms with van der Waals surface area (Å²) in [6.45, 7) is 9.48. The first-order valence-electron chi connectivity index (χ1n) is 27.9. The minimum atomic E-state index is -0.875. The first kappa shape index (κ1) is 62.8. The molecule has 0 radical (unpaired) electrons. The zero-order valence-electron chi connectivity index (χ0n) is 47.5. The lowest BCUT2D eigenvalue weighted by Gasteiger charge is -2.33. The molecule has 0 saturated heterocycles. The zero-order valence-corrected chi connectivity index (χ0v) is 47.5. The maximum absolute atomic E-state index is 13.9. The summed E-state index contributed by atoms with van der Waals surface area (Å²) in [6, 6.07) is 15.1. The van der Waals surface area contributed by atoms with E-state index in [2.05, 4.69) is 82.5 Å². The average molecular weight is 1170 g/mol. The highest BCUT2D eigenvalue weighted by atomic mass is 16.5. The smallest absolute Gasteiger partial charge is 0.373 e. The van der Waals surface area contributed by atoms with Gasteiger partial charge in [-0.05, 0) is 48.2 Å². The van der Waals surface area contributed by atoms with Gasteiger partial charge in [0.25, 0.3) is 0 Å². The van der Waals surface area contributed by atoms with Crippen LogP contribution in [0.15, 0.2) is 83.3 Å². The van der Waals surface area contributed by atoms with Crippen molar-refractivity contribution in [3.8, 4) is 0 Å². The Bertz CT molecular complexity index is 2710. The van der Waals surface area contributed by atoms with E-state index in [4.69, 9.17) is 53.3 Å². The number of nitrogens with zero attached hydrogens (tertiary/aromatic N) is 16. The van der Waals surface area contributed by atoms with E-state index in [9.17, 15) is 9.59 Å². The molecule has 32 heteroatoms. The Morgan fingerprint density at radius 2 is 0.774 bits per heavy atom. The van der Waals surface area contributed by atoms with Crippen LogP contribution >= 0.6 is 0 Å². The van der Waals surface area contributed by atoms with E-state index in [0.29, 0.717) is 164 Å². The maximum Gasteiger partial charge on any atom is 0.434 e. The molecule has 0 amide bonds. The number of aliphatic imine (C=N–C) groups is 2. The van der Waals surface area contributed by atoms with E-state index < -0.39 is 11.8 Å². The van der Waals surface area contributed by atoms with E-state index >= 15 is 0 Å². The van der Waals surface area contributed by atoms with Crippen LogP contribution in [0.4, 0.5) is 11.4 Å². The Morgan fingerprint density at radius 1 is 0.476 bits per heavy atom. The molecular weight excluding hydrogens is 1080 g/mol. The molecule has 1 aliphatic carbocycles. The van der Waals surface area contributed by atoms with Crippen LogP contribution in [0.25, 0.3) is 0 Å². The van der Waals surface area contributed by atoms with Gasteiger partial charge in [-0.1, -0.05) is 45.1 Å². The van der Waals surface area contributed by atoms with Gasteiger partial charge < -0.3 is 51.7 Å². The number of Topliss-reactive ketones (excluding diaryl/α,β-unsaturated/α-hetero) is 2. The molecule has 32 nitrogen and oxygen atoms in total. The minimum absolute atomic E-state index is 0.0514. The largest absolute Gasteiger partial charge is 0.434 e. The average Bonchev–Trinajstić information content (AvgIpc) is 2.17. The number of nitrogens with two attached hydrogens (primary N) is 6. The summed E-state index contributed by atoms with van der Waals surface area (Å²) >= 11 is 0. The number of rotatable bonds is 40. The third kappa shape index (κ3) is 20.9. The molecule has 0 aliphatic heterocycles. The van der Waals surface area contributed by atoms with Gasteiger partial charge >= 0.3 is 11.9 Å². The molecule has 20 N–H and O–H groups in total. The van der Waals surface area contributed by atoms with Gasteiger partial charge in [0.2, 0.25) is 0 Å². The lowest BCUT2D eigenvalue weighted by molar-refractivity contribution is -0.505. The Kier molecular flexibility index (Phi) is 24.9. The molecule has 452 valence electrons. The summed E-state index contributed by atoms with van der Waals surface area (Å²) in [5.74, 6) is -1.10. The Labute approximate surface area is 485 Å². The number of aromatic nitrogens is 12. The second-order valence-electron chi connectivity index (χ2n) is 19.9. The molecule has 0 bridgehead atoms. The quantitative estimate of drug-likeness (QED) is 0.00740. The third-order valence-electron chi connectivity index (χ3n) is 13.2. The number of ketones is 2. The monoisotopic (exact) mass is 1170 g/mol. The molecule has 1 saturated carbocycles. The number of nitrogens with one attached hydrogen (secondary N) is 2. The van der Waals surface area contributed by atoms with Crippen LogP contribution in [0.3, 0.4) is 0 Å². The number of anilines is 2. The molecule has 4 heterocycles. The molecule has 7 rings (SSSR count). The molecule has 0 spiro atoms. The minimum Gasteiger partial charge on any atom is -0.373 e. The van der Waals surface area contributed by atoms with Crippen LogP contribution in [0.2, 0.25) is 0 Å². The third-order valence-corrected chi connectivity index (χ3v) is 13.2. The van der Waals surface area contributed by atoms with Crippen molar-refractivity contribution < 1.29 is 50.0 Å². The highest BCUT2D eigenvalue weighted by Crippen LogP contribution is 2.41. The van der Waals surface area contributed by atoms with Crippen molar-refractivity contribution in [3.05, 3.63) is 107 Å². The number of carbonyl (C=O) groups excluding carboxylic acids is 2. The van der Waals surface area contributed by atoms with Gasteiger partial charge in [-0.2, -0.15) is 0 Å². The van der Waals surface area contributed by atoms with Gasteiger partial charge in [0.15, 0.2) is 23.5 Å². The van der Waals surface area contributed by atoms with Gasteiger partial charge in [-0.25, -0.2) is 21.5 Å². The van der Waals surface area contributed by atoms with Crippen LogP contribution in [-0.4, -0.2) is 174 Å². The molecule has 6 aromatic rings. The molecule has 0 atom stereocenters. The van der Waals surface area contributed by atoms with E-state index in [0.717, 1.165) is 24.2 Å². The number of ether oxygens (including phenoxy) is 4. The number of carbonyl (C=O) groups is 2. The number of hydrogen-bond acceptors (Lipinski definition) is 18. The van der Waals surface area contributed by atoms with Crippen molar-refractivity contribution in [1.82, 2.24) is 60.0 Å². The fraction of sp³-hybridized carbons (Fsp3) is 0.500. The van der Waals surface area contributed by atoms with E-state index in [1.165, 1.54) is 0 Å². The van der Waals surface area contributed by atoms with Crippen molar-refractivity contribution in [2.45, 2.75) is 90.1 Å². The first-order chi connectivity index (χ1) is 40.8. The van der Waals surface area contributed by atoms with Gasteiger partial charge in [-0.3, -0.25) is 49.8 Å². The summed E-state index contributed by atoms with van der Waals surface area (Å²) < 4.78 is 31.2. The van der Waals surface area contributed by atoms with E-state index in [1.54, 1.807) is 18.7 Å². The van der Waals surface area contributed by atoms with Crippen LogP contribution in [0.1, 0.15) is 71.4 Å². The van der Waals surface area contributed by atoms with Crippen LogP contribution in [-0.2, 0) is 81.1 Å². The summed E-state index contributed by atoms with van der Waals surface area (Å²) in [5, 5.41) is 33.8. The summed E-state index contributed by atoms with van der Waals surface area (Å²) in [7, 11) is 0. The second-order valence-corrected chi connectivity index (χ2v) is 19.9. The van der Waals surface area contributed by atoms with Crippen LogP contribution < -0.4 is 65.7 Å². The number of hydrogen-bond donors (Lipinski definition) is 10. The Morgan fingerprint density at radius 3 is 1.06 bits per heavy atom. The van der Waals surface area contributed by atoms with Crippen molar-refractivity contribution in [2.75, 3.05) is 88.6 Å². The fourth-order valence-corrected chi connectivity index (χ4v) is 8.99. The number of guanidine groups is 4. The molecule has 0 unspecified atom stereocenters. The second kappa shape index (κ2) is 33.3. The number of aryl methyl sites for hydroxylation is 4. The molecule has 1 aliphatic rings. The first-order valence-corrected chi connectivity index (χ1v) is 27.9. The SMILES string of the molecule is NC(N)=NCCCn1cc(COCCN(CCOCc2cn(CCCN=C(N)N)nn2)c2ccc(C3C(=O)C(c4ccc(N(CCOCc5cn(CCC[NH+]=C(N)[NH3+])nn5)CCOCc5cn(CCC[NH+]=C(N)[NH3+])nn5)cc4)C3=O)cc2)nn1. The van der Waals surface area contributed by atoms with Gasteiger partial charge in [-0.15, -0.1) is 20.4 Å². The topological polar surface area (TPSA) is 464 Å². The van der Waals surface area contributed by atoms with Gasteiger partial charge in [0, 0.05) is 89.7 Å². The molecule has 1 fully saturated rings. The van der Waals surface area contributed by atoms with Crippen molar-refractivity contribution in [1.29, 1.82) is 0 Å². The zero-order chi connectivity index (χ0) is 59.5. The standard InChI is InChI=1S/C52H78N26O6/c53-49(54)61-13-1-17-75-29-39(65-69-75)33-81-25-21-73(22-26-82-34-40-30-76(70-66-40)18-2-14-62-50(55)56)43-9-5-37(6-10-43)45-47(79)46(48(45)80)38-7-11-44(12-8-38)74(23-27-83-35-41-31-77(71-67-41)19-3-15-63-51(57)58)24-28-84-36-42-32-78(72-68-42)20-4-16-64-52(59)60/h5-12,29-32,45-46H,1-4,13-28,33-36H2,(H4,53,54,61)(H4,55,56,62)(H4,57,58,63)(H4,59,60,64)/p+4. The van der Waals surface area contributed by atoms with Crippen molar-refractivity contribution in [3.63, 3.8) is 0 Å². The number of benzene rings is 2. The molecule has 2 aromatic carbocycles. The van der Waals surface area contributed by atoms with Gasteiger partial charge in [0.1, 0.15) is 34.6 Å². The highest BCUT2D eigenvalue weighted by molar-refractivity contribution is 6.31. The van der Waals surface area contributed by atoms with Gasteiger partial charge in [0.05, 0.1) is 90.7 Å². The predicted molar refractivity (Wildman–Crippen MR) is 307 cm³/mol. The summed E-state index contributed by atoms with van der Waals surface area (Å²) in [4.78, 5) is 46.2. The highest BCUT2D eigenvalue weighted by Gasteiger charge is 2.50. The maximum atomic E-state index is 13.9. The fourth-order valence-electron chi connectivity index (χ4n) is 8.99. The van der Waals surface area contributed by atoms with Crippen molar-refractivity contribution >= 4 is 46.8 Å². The van der Waals surface area contributed by atoms with Crippen LogP contribution in [0, 0.1) is 0 Å². The lowest BCUT2D eigenvalue weighted by atomic mass is 9.66. The Hall–Kier alpha value is -8.82. The van der Waals surface area contributed by atoms with E-state index in [-0.39, 0.29) is 49.9 Å².